The molecule has 0 aliphatic rings. The molecule has 0 fully saturated rings. The molecule has 0 aliphatic carbocycles. The Kier molecular flexibility index (Phi) is 3.02. The second-order valence-electron chi connectivity index (χ2n) is 4.69. The first-order chi connectivity index (χ1) is 10.1. The van der Waals surface area contributed by atoms with E-state index in [1.54, 1.807) is 35.4 Å². The molecule has 7 heteroatoms. The molecule has 0 aliphatic heterocycles. The molecule has 106 valence electrons. The molecule has 0 amide bonds. The van der Waals surface area contributed by atoms with Crippen LogP contribution in [-0.2, 0) is 7.05 Å². The van der Waals surface area contributed by atoms with Gasteiger partial charge in [-0.05, 0) is 25.1 Å². The van der Waals surface area contributed by atoms with Crippen molar-refractivity contribution in [3.63, 3.8) is 0 Å². The largest absolute Gasteiger partial charge is 0.478 e. The van der Waals surface area contributed by atoms with E-state index in [9.17, 15) is 4.79 Å². The maximum atomic E-state index is 11.0. The first kappa shape index (κ1) is 13.0. The molecule has 2 heterocycles. The number of hydrogen-bond donors (Lipinski definition) is 1. The van der Waals surface area contributed by atoms with Crippen molar-refractivity contribution in [3.8, 4) is 17.1 Å². The zero-order valence-corrected chi connectivity index (χ0v) is 11.6. The number of rotatable bonds is 3. The molecular weight excluding hydrogens is 270 g/mol. The number of benzene rings is 1. The van der Waals surface area contributed by atoms with Gasteiger partial charge in [0, 0.05) is 7.05 Å². The molecular formula is C14H13N5O2. The van der Waals surface area contributed by atoms with Gasteiger partial charge in [-0.3, -0.25) is 0 Å². The monoisotopic (exact) mass is 283 g/mol. The van der Waals surface area contributed by atoms with Crippen LogP contribution in [0.5, 0.6) is 0 Å². The van der Waals surface area contributed by atoms with E-state index < -0.39 is 5.97 Å². The second kappa shape index (κ2) is 4.86. The molecule has 0 saturated carbocycles. The number of carboxylic acid groups (broad SMARTS) is 1. The number of imidazole rings is 1. The van der Waals surface area contributed by atoms with Gasteiger partial charge >= 0.3 is 5.97 Å². The number of aromatic nitrogens is 5. The summed E-state index contributed by atoms with van der Waals surface area (Å²) < 4.78 is 3.42. The fourth-order valence-electron chi connectivity index (χ4n) is 2.19. The highest BCUT2D eigenvalue weighted by Gasteiger charge is 2.13. The molecule has 3 aromatic rings. The molecule has 0 bridgehead atoms. The van der Waals surface area contributed by atoms with E-state index in [-0.39, 0.29) is 5.56 Å². The van der Waals surface area contributed by atoms with Gasteiger partial charge in [0.1, 0.15) is 5.69 Å². The number of aromatic carboxylic acids is 1. The molecule has 0 spiro atoms. The van der Waals surface area contributed by atoms with Crippen molar-refractivity contribution in [2.75, 3.05) is 0 Å². The molecule has 7 nitrogen and oxygen atoms in total. The molecule has 0 saturated heterocycles. The topological polar surface area (TPSA) is 85.8 Å². The Balaban J connectivity index is 2.03. The fourth-order valence-corrected chi connectivity index (χ4v) is 2.19. The third-order valence-electron chi connectivity index (χ3n) is 3.21. The highest BCUT2D eigenvalue weighted by atomic mass is 16.4. The van der Waals surface area contributed by atoms with Crippen LogP contribution in [0.4, 0.5) is 0 Å². The third kappa shape index (κ3) is 2.29. The average molecular weight is 283 g/mol. The van der Waals surface area contributed by atoms with E-state index in [0.29, 0.717) is 11.4 Å². The summed E-state index contributed by atoms with van der Waals surface area (Å²) in [5.41, 5.74) is 3.29. The van der Waals surface area contributed by atoms with Crippen LogP contribution in [0.2, 0.25) is 0 Å². The van der Waals surface area contributed by atoms with Gasteiger partial charge in [-0.25, -0.2) is 14.5 Å². The minimum absolute atomic E-state index is 0.210. The summed E-state index contributed by atoms with van der Waals surface area (Å²) in [5, 5.41) is 17.2. The summed E-state index contributed by atoms with van der Waals surface area (Å²) in [5.74, 6) is -0.973. The summed E-state index contributed by atoms with van der Waals surface area (Å²) in [6.45, 7) is 1.90. The Bertz CT molecular complexity index is 799. The molecule has 3 rings (SSSR count). The van der Waals surface area contributed by atoms with E-state index in [2.05, 4.69) is 15.3 Å². The van der Waals surface area contributed by atoms with Crippen molar-refractivity contribution in [3.05, 3.63) is 48.0 Å². The van der Waals surface area contributed by atoms with Crippen molar-refractivity contribution in [2.45, 2.75) is 6.92 Å². The lowest BCUT2D eigenvalue weighted by atomic mass is 10.2. The fraction of sp³-hybridized carbons (Fsp3) is 0.143. The molecule has 0 unspecified atom stereocenters. The van der Waals surface area contributed by atoms with Crippen molar-refractivity contribution >= 4 is 5.97 Å². The normalized spacial score (nSPS) is 10.8. The van der Waals surface area contributed by atoms with E-state index in [4.69, 9.17) is 5.11 Å². The van der Waals surface area contributed by atoms with Gasteiger partial charge in [0.15, 0.2) is 0 Å². The van der Waals surface area contributed by atoms with Gasteiger partial charge in [-0.1, -0.05) is 11.3 Å². The predicted octanol–water partition coefficient (Wildman–Crippen LogP) is 1.67. The van der Waals surface area contributed by atoms with Crippen LogP contribution in [-0.4, -0.2) is 35.6 Å². The summed E-state index contributed by atoms with van der Waals surface area (Å²) in [6, 6.07) is 6.54. The number of hydrogen-bond acceptors (Lipinski definition) is 4. The van der Waals surface area contributed by atoms with E-state index >= 15 is 0 Å². The maximum Gasteiger partial charge on any atom is 0.335 e. The van der Waals surface area contributed by atoms with Crippen LogP contribution in [0, 0.1) is 6.92 Å². The highest BCUT2D eigenvalue weighted by molar-refractivity contribution is 5.88. The lowest BCUT2D eigenvalue weighted by Gasteiger charge is -2.01. The van der Waals surface area contributed by atoms with Gasteiger partial charge in [-0.2, -0.15) is 0 Å². The number of carboxylic acids is 1. The lowest BCUT2D eigenvalue weighted by molar-refractivity contribution is 0.0697. The number of nitrogens with zero attached hydrogens (tertiary/aromatic N) is 5. The van der Waals surface area contributed by atoms with Crippen LogP contribution in [0.1, 0.15) is 16.1 Å². The van der Waals surface area contributed by atoms with E-state index in [1.807, 2.05) is 18.5 Å². The SMILES string of the molecule is Cc1ncn(C)c1-c1cn(-c2cccc(C(=O)O)c2)nn1. The Morgan fingerprint density at radius 3 is 2.81 bits per heavy atom. The lowest BCUT2D eigenvalue weighted by Crippen LogP contribution is -2.00. The maximum absolute atomic E-state index is 11.0. The van der Waals surface area contributed by atoms with Gasteiger partial charge < -0.3 is 9.67 Å². The molecule has 0 radical (unpaired) electrons. The molecule has 2 aromatic heterocycles. The minimum atomic E-state index is -0.973. The average Bonchev–Trinajstić information content (AvgIpc) is 3.06. The van der Waals surface area contributed by atoms with Crippen molar-refractivity contribution in [1.82, 2.24) is 24.5 Å². The zero-order valence-electron chi connectivity index (χ0n) is 11.6. The minimum Gasteiger partial charge on any atom is -0.478 e. The predicted molar refractivity (Wildman–Crippen MR) is 75.3 cm³/mol. The Hall–Kier alpha value is -2.96. The van der Waals surface area contributed by atoms with Crippen molar-refractivity contribution < 1.29 is 9.90 Å². The van der Waals surface area contributed by atoms with Gasteiger partial charge in [0.05, 0.1) is 35.2 Å². The van der Waals surface area contributed by atoms with E-state index in [1.165, 1.54) is 6.07 Å². The molecule has 1 aromatic carbocycles. The van der Waals surface area contributed by atoms with Crippen LogP contribution in [0.15, 0.2) is 36.8 Å². The van der Waals surface area contributed by atoms with Gasteiger partial charge in [0.2, 0.25) is 0 Å². The van der Waals surface area contributed by atoms with Crippen LogP contribution in [0.3, 0.4) is 0 Å². The molecule has 21 heavy (non-hydrogen) atoms. The van der Waals surface area contributed by atoms with Crippen LogP contribution < -0.4 is 0 Å². The quantitative estimate of drug-likeness (QED) is 0.790. The number of aryl methyl sites for hydroxylation is 2. The molecule has 0 atom stereocenters. The van der Waals surface area contributed by atoms with Crippen LogP contribution >= 0.6 is 0 Å². The standard InChI is InChI=1S/C14H13N5O2/c1-9-13(18(2)8-15-9)12-7-19(17-16-12)11-5-3-4-10(6-11)14(20)21/h3-8H,1-2H3,(H,20,21). The number of carbonyl (C=O) groups is 1. The summed E-state index contributed by atoms with van der Waals surface area (Å²) in [6.07, 6.45) is 3.47. The first-order valence-electron chi connectivity index (χ1n) is 6.30. The Morgan fingerprint density at radius 2 is 2.14 bits per heavy atom. The summed E-state index contributed by atoms with van der Waals surface area (Å²) in [4.78, 5) is 15.2. The van der Waals surface area contributed by atoms with E-state index in [0.717, 1.165) is 11.4 Å². The first-order valence-corrected chi connectivity index (χ1v) is 6.30. The zero-order chi connectivity index (χ0) is 15.0. The van der Waals surface area contributed by atoms with Gasteiger partial charge in [0.25, 0.3) is 0 Å². The smallest absolute Gasteiger partial charge is 0.335 e. The Morgan fingerprint density at radius 1 is 1.33 bits per heavy atom. The molecule has 1 N–H and O–H groups in total. The summed E-state index contributed by atoms with van der Waals surface area (Å²) in [7, 11) is 1.89. The van der Waals surface area contributed by atoms with Crippen LogP contribution in [0.25, 0.3) is 17.1 Å². The van der Waals surface area contributed by atoms with Gasteiger partial charge in [-0.15, -0.1) is 5.10 Å². The highest BCUT2D eigenvalue weighted by Crippen LogP contribution is 2.20. The van der Waals surface area contributed by atoms with Crippen molar-refractivity contribution in [2.24, 2.45) is 7.05 Å². The van der Waals surface area contributed by atoms with Crippen molar-refractivity contribution in [1.29, 1.82) is 0 Å². The third-order valence-corrected chi connectivity index (χ3v) is 3.21. The summed E-state index contributed by atoms with van der Waals surface area (Å²) >= 11 is 0. The Labute approximate surface area is 120 Å². The second-order valence-corrected chi connectivity index (χ2v) is 4.69.